The van der Waals surface area contributed by atoms with Crippen molar-refractivity contribution in [1.82, 2.24) is 29.9 Å². The molecule has 1 aliphatic rings. The highest BCUT2D eigenvalue weighted by molar-refractivity contribution is 7.88. The molecule has 0 atom stereocenters. The van der Waals surface area contributed by atoms with Crippen molar-refractivity contribution in [2.75, 3.05) is 11.6 Å². The molecule has 45 heavy (non-hydrogen) atoms. The van der Waals surface area contributed by atoms with Gasteiger partial charge in [0, 0.05) is 46.8 Å². The number of rotatable bonds is 8. The first-order chi connectivity index (χ1) is 21.7. The molecule has 0 aliphatic heterocycles. The van der Waals surface area contributed by atoms with Gasteiger partial charge in [-0.2, -0.15) is 5.10 Å². The van der Waals surface area contributed by atoms with Gasteiger partial charge in [0.25, 0.3) is 0 Å². The van der Waals surface area contributed by atoms with Crippen molar-refractivity contribution in [3.8, 4) is 33.6 Å². The number of aromatic nitrogens is 5. The lowest BCUT2D eigenvalue weighted by atomic mass is 10.0. The molecule has 1 aliphatic carbocycles. The number of carbonyl (C=O) groups is 1. The number of carbonyl (C=O) groups excluding carboxylic acids is 1. The lowest BCUT2D eigenvalue weighted by molar-refractivity contribution is -0.119. The van der Waals surface area contributed by atoms with E-state index >= 15 is 0 Å². The molecule has 4 N–H and O–H groups in total. The van der Waals surface area contributed by atoms with Crippen LogP contribution in [0.15, 0.2) is 73.3 Å². The van der Waals surface area contributed by atoms with E-state index < -0.39 is 15.8 Å². The molecule has 12 heteroatoms. The Morgan fingerprint density at radius 2 is 1.73 bits per heavy atom. The summed E-state index contributed by atoms with van der Waals surface area (Å²) in [7, 11) is -3.44. The SMILES string of the molecule is CS(=O)(=O)NCc1cc(F)cc(-c2cncc3[nH]c(-c4n[nH]c5ccc(-c6cncc(NC(=O)C7CCCC7)c6)cc45)cc23)c1. The number of nitrogens with zero attached hydrogens (tertiary/aromatic N) is 3. The van der Waals surface area contributed by atoms with E-state index in [1.165, 1.54) is 12.1 Å². The molecule has 4 heterocycles. The number of halogens is 1. The molecule has 10 nitrogen and oxygen atoms in total. The highest BCUT2D eigenvalue weighted by Crippen LogP contribution is 2.36. The first-order valence-corrected chi connectivity index (χ1v) is 16.6. The monoisotopic (exact) mass is 623 g/mol. The average Bonchev–Trinajstić information content (AvgIpc) is 3.79. The fraction of sp³-hybridized carbons (Fsp3) is 0.212. The number of aromatic amines is 2. The van der Waals surface area contributed by atoms with E-state index in [1.807, 2.05) is 30.3 Å². The molecule has 4 aromatic heterocycles. The van der Waals surface area contributed by atoms with E-state index in [0.29, 0.717) is 28.1 Å². The number of benzene rings is 2. The number of sulfonamides is 1. The maximum atomic E-state index is 14.6. The largest absolute Gasteiger partial charge is 0.352 e. The fourth-order valence-electron chi connectivity index (χ4n) is 6.03. The number of fused-ring (bicyclic) bond motifs is 2. The smallest absolute Gasteiger partial charge is 0.227 e. The van der Waals surface area contributed by atoms with Crippen molar-refractivity contribution >= 4 is 43.4 Å². The summed E-state index contributed by atoms with van der Waals surface area (Å²) < 4.78 is 40.2. The number of hydrogen-bond acceptors (Lipinski definition) is 6. The Bertz CT molecular complexity index is 2190. The number of amides is 1. The van der Waals surface area contributed by atoms with Crippen LogP contribution in [0.25, 0.3) is 55.4 Å². The molecule has 1 amide bonds. The van der Waals surface area contributed by atoms with Crippen LogP contribution >= 0.6 is 0 Å². The van der Waals surface area contributed by atoms with Gasteiger partial charge in [0.2, 0.25) is 15.9 Å². The van der Waals surface area contributed by atoms with Gasteiger partial charge in [-0.05, 0) is 72.0 Å². The van der Waals surface area contributed by atoms with Crippen LogP contribution in [0.4, 0.5) is 10.1 Å². The van der Waals surface area contributed by atoms with Crippen molar-refractivity contribution in [2.24, 2.45) is 5.92 Å². The minimum atomic E-state index is -3.44. The van der Waals surface area contributed by atoms with E-state index in [2.05, 4.69) is 35.2 Å². The molecule has 7 rings (SSSR count). The number of anilines is 1. The molecule has 1 saturated carbocycles. The molecular weight excluding hydrogens is 593 g/mol. The van der Waals surface area contributed by atoms with Crippen LogP contribution in [0.2, 0.25) is 0 Å². The zero-order valence-corrected chi connectivity index (χ0v) is 25.2. The summed E-state index contributed by atoms with van der Waals surface area (Å²) in [5.74, 6) is -0.370. The van der Waals surface area contributed by atoms with Gasteiger partial charge in [-0.1, -0.05) is 18.9 Å². The standard InChI is InChI=1S/C33H30FN7O3S/c1-45(43,44)37-14-19-8-22(10-24(34)9-19)28-17-36-18-31-26(28)13-30(39-31)32-27-12-21(6-7-29(27)40-41-32)23-11-25(16-35-15-23)38-33(42)20-4-2-3-5-20/h6-13,15-18,20,37,39H,2-5,14H2,1H3,(H,38,42)(H,40,41). The highest BCUT2D eigenvalue weighted by atomic mass is 32.2. The summed E-state index contributed by atoms with van der Waals surface area (Å²) in [6.45, 7) is -0.0295. The van der Waals surface area contributed by atoms with Crippen molar-refractivity contribution in [2.45, 2.75) is 32.2 Å². The van der Waals surface area contributed by atoms with Crippen LogP contribution < -0.4 is 10.0 Å². The molecule has 228 valence electrons. The topological polar surface area (TPSA) is 146 Å². The van der Waals surface area contributed by atoms with Gasteiger partial charge in [-0.15, -0.1) is 0 Å². The van der Waals surface area contributed by atoms with Gasteiger partial charge < -0.3 is 10.3 Å². The minimum absolute atomic E-state index is 0.0295. The molecule has 2 aromatic carbocycles. The third-order valence-electron chi connectivity index (χ3n) is 8.24. The van der Waals surface area contributed by atoms with E-state index in [1.54, 1.807) is 30.9 Å². The third kappa shape index (κ3) is 6.06. The molecule has 0 spiro atoms. The Balaban J connectivity index is 1.22. The van der Waals surface area contributed by atoms with Gasteiger partial charge in [0.1, 0.15) is 11.5 Å². The Labute approximate surface area is 258 Å². The van der Waals surface area contributed by atoms with E-state index in [4.69, 9.17) is 0 Å². The highest BCUT2D eigenvalue weighted by Gasteiger charge is 2.23. The van der Waals surface area contributed by atoms with Gasteiger partial charge in [0.05, 0.1) is 41.1 Å². The summed E-state index contributed by atoms with van der Waals surface area (Å²) in [4.78, 5) is 24.8. The number of hydrogen-bond donors (Lipinski definition) is 4. The first kappa shape index (κ1) is 28.8. The van der Waals surface area contributed by atoms with E-state index in [9.17, 15) is 17.6 Å². The van der Waals surface area contributed by atoms with Crippen molar-refractivity contribution in [3.63, 3.8) is 0 Å². The van der Waals surface area contributed by atoms with Crippen LogP contribution in [0.3, 0.4) is 0 Å². The average molecular weight is 624 g/mol. The number of nitrogens with one attached hydrogen (secondary N) is 4. The molecule has 0 radical (unpaired) electrons. The summed E-state index contributed by atoms with van der Waals surface area (Å²) in [5.41, 5.74) is 7.24. The van der Waals surface area contributed by atoms with Crippen molar-refractivity contribution in [3.05, 3.63) is 84.7 Å². The molecule has 0 bridgehead atoms. The Kier molecular flexibility index (Phi) is 7.38. The second-order valence-electron chi connectivity index (χ2n) is 11.5. The van der Waals surface area contributed by atoms with Crippen molar-refractivity contribution in [1.29, 1.82) is 0 Å². The molecular formula is C33H30FN7O3S. The predicted molar refractivity (Wildman–Crippen MR) is 172 cm³/mol. The zero-order valence-electron chi connectivity index (χ0n) is 24.4. The Morgan fingerprint density at radius 1 is 0.911 bits per heavy atom. The van der Waals surface area contributed by atoms with Crippen LogP contribution in [-0.4, -0.2) is 45.7 Å². The van der Waals surface area contributed by atoms with Crippen molar-refractivity contribution < 1.29 is 17.6 Å². The quantitative estimate of drug-likeness (QED) is 0.160. The minimum Gasteiger partial charge on any atom is -0.352 e. The maximum Gasteiger partial charge on any atom is 0.227 e. The van der Waals surface area contributed by atoms with Crippen LogP contribution in [0.1, 0.15) is 31.2 Å². The first-order valence-electron chi connectivity index (χ1n) is 14.7. The molecule has 6 aromatic rings. The van der Waals surface area contributed by atoms with Gasteiger partial charge in [-0.3, -0.25) is 19.9 Å². The van der Waals surface area contributed by atoms with E-state index in [-0.39, 0.29) is 18.4 Å². The number of pyridine rings is 2. The molecule has 0 saturated heterocycles. The third-order valence-corrected chi connectivity index (χ3v) is 8.90. The summed E-state index contributed by atoms with van der Waals surface area (Å²) in [6, 6.07) is 14.3. The van der Waals surface area contributed by atoms with Gasteiger partial charge in [-0.25, -0.2) is 17.5 Å². The lowest BCUT2D eigenvalue weighted by Crippen LogP contribution is -2.21. The summed E-state index contributed by atoms with van der Waals surface area (Å²) in [5, 5.41) is 12.4. The second-order valence-corrected chi connectivity index (χ2v) is 13.4. The Morgan fingerprint density at radius 3 is 2.56 bits per heavy atom. The summed E-state index contributed by atoms with van der Waals surface area (Å²) >= 11 is 0. The predicted octanol–water partition coefficient (Wildman–Crippen LogP) is 6.15. The number of H-pyrrole nitrogens is 2. The van der Waals surface area contributed by atoms with Crippen LogP contribution in [0.5, 0.6) is 0 Å². The maximum absolute atomic E-state index is 14.6. The molecule has 1 fully saturated rings. The Hall–Kier alpha value is -4.94. The van der Waals surface area contributed by atoms with Crippen LogP contribution in [0, 0.1) is 11.7 Å². The summed E-state index contributed by atoms with van der Waals surface area (Å²) in [6.07, 6.45) is 11.9. The second kappa shape index (κ2) is 11.5. The van der Waals surface area contributed by atoms with Gasteiger partial charge >= 0.3 is 0 Å². The van der Waals surface area contributed by atoms with E-state index in [0.717, 1.165) is 70.6 Å². The zero-order chi connectivity index (χ0) is 31.1. The normalized spacial score (nSPS) is 14.0. The fourth-order valence-corrected chi connectivity index (χ4v) is 6.46. The molecule has 0 unspecified atom stereocenters. The lowest BCUT2D eigenvalue weighted by Gasteiger charge is -2.11. The van der Waals surface area contributed by atoms with Crippen LogP contribution in [-0.2, 0) is 21.4 Å². The van der Waals surface area contributed by atoms with Gasteiger partial charge in [0.15, 0.2) is 0 Å².